The number of nitrogens with zero attached hydrogens (tertiary/aromatic N) is 2. The lowest BCUT2D eigenvalue weighted by Gasteiger charge is -2.23. The number of benzene rings is 4. The van der Waals surface area contributed by atoms with E-state index in [4.69, 9.17) is 16.3 Å². The molecule has 0 saturated heterocycles. The van der Waals surface area contributed by atoms with Crippen LogP contribution in [0, 0.1) is 0 Å². The van der Waals surface area contributed by atoms with Crippen molar-refractivity contribution in [3.8, 4) is 5.75 Å². The monoisotopic (exact) mass is 533 g/mol. The van der Waals surface area contributed by atoms with Crippen molar-refractivity contribution in [2.24, 2.45) is 5.10 Å². The summed E-state index contributed by atoms with van der Waals surface area (Å²) in [5.74, 6) is 0.100. The standard InChI is InChI=1S/C28H24ClN3O4S/c29-24-15-11-23(12-16-24)21-36-26-17-13-22(14-18-26)19-30-31-28(33)20-32(25-7-3-1-4-8-25)37(34,35)27-9-5-2-6-10-27/h1-19H,20-21H2,(H,31,33)/b30-19-. The Labute approximate surface area is 221 Å². The minimum absolute atomic E-state index is 0.0912. The molecule has 9 heteroatoms. The van der Waals surface area contributed by atoms with Crippen LogP contribution in [0.1, 0.15) is 11.1 Å². The van der Waals surface area contributed by atoms with Crippen molar-refractivity contribution < 1.29 is 17.9 Å². The molecule has 0 aromatic heterocycles. The van der Waals surface area contributed by atoms with Crippen LogP contribution in [0.3, 0.4) is 0 Å². The van der Waals surface area contributed by atoms with E-state index in [9.17, 15) is 13.2 Å². The molecule has 0 bridgehead atoms. The molecule has 37 heavy (non-hydrogen) atoms. The third-order valence-corrected chi connectivity index (χ3v) is 7.30. The first-order chi connectivity index (χ1) is 17.9. The Balaban J connectivity index is 1.37. The van der Waals surface area contributed by atoms with Crippen LogP contribution in [0.15, 0.2) is 119 Å². The molecule has 7 nitrogen and oxygen atoms in total. The minimum atomic E-state index is -3.96. The molecule has 1 N–H and O–H groups in total. The molecule has 0 radical (unpaired) electrons. The lowest BCUT2D eigenvalue weighted by Crippen LogP contribution is -2.39. The Bertz CT molecular complexity index is 1450. The minimum Gasteiger partial charge on any atom is -0.489 e. The maximum absolute atomic E-state index is 13.2. The zero-order chi connectivity index (χ0) is 26.1. The summed E-state index contributed by atoms with van der Waals surface area (Å²) >= 11 is 5.90. The number of hydrogen-bond donors (Lipinski definition) is 1. The zero-order valence-electron chi connectivity index (χ0n) is 19.7. The van der Waals surface area contributed by atoms with Gasteiger partial charge in [0.1, 0.15) is 18.9 Å². The highest BCUT2D eigenvalue weighted by Gasteiger charge is 2.26. The molecule has 4 rings (SSSR count). The number of hydrogen-bond acceptors (Lipinski definition) is 5. The van der Waals surface area contributed by atoms with Gasteiger partial charge in [0.2, 0.25) is 0 Å². The average molecular weight is 534 g/mol. The molecular weight excluding hydrogens is 510 g/mol. The lowest BCUT2D eigenvalue weighted by atomic mass is 10.2. The van der Waals surface area contributed by atoms with E-state index in [0.717, 1.165) is 15.4 Å². The van der Waals surface area contributed by atoms with E-state index in [2.05, 4.69) is 10.5 Å². The number of sulfonamides is 1. The highest BCUT2D eigenvalue weighted by Crippen LogP contribution is 2.23. The van der Waals surface area contributed by atoms with Crippen molar-refractivity contribution in [3.05, 3.63) is 125 Å². The SMILES string of the molecule is O=C(CN(c1ccccc1)S(=O)(=O)c1ccccc1)N/N=C\c1ccc(OCc2ccc(Cl)cc2)cc1. The van der Waals surface area contributed by atoms with Crippen molar-refractivity contribution in [2.75, 3.05) is 10.8 Å². The summed E-state index contributed by atoms with van der Waals surface area (Å²) in [6.07, 6.45) is 1.47. The molecule has 0 aliphatic heterocycles. The predicted molar refractivity (Wildman–Crippen MR) is 145 cm³/mol. The predicted octanol–water partition coefficient (Wildman–Crippen LogP) is 5.26. The van der Waals surface area contributed by atoms with E-state index >= 15 is 0 Å². The zero-order valence-corrected chi connectivity index (χ0v) is 21.3. The molecule has 0 aliphatic carbocycles. The van der Waals surface area contributed by atoms with E-state index in [-0.39, 0.29) is 4.90 Å². The van der Waals surface area contributed by atoms with Gasteiger partial charge in [0, 0.05) is 5.02 Å². The summed E-state index contributed by atoms with van der Waals surface area (Å²) in [5, 5.41) is 4.65. The van der Waals surface area contributed by atoms with Crippen LogP contribution in [0.2, 0.25) is 5.02 Å². The maximum atomic E-state index is 13.2. The normalized spacial score (nSPS) is 11.3. The van der Waals surface area contributed by atoms with E-state index in [1.165, 1.54) is 18.3 Å². The van der Waals surface area contributed by atoms with Gasteiger partial charge in [-0.1, -0.05) is 60.1 Å². The van der Waals surface area contributed by atoms with E-state index in [1.807, 2.05) is 24.3 Å². The lowest BCUT2D eigenvalue weighted by molar-refractivity contribution is -0.119. The Morgan fingerprint density at radius 3 is 2.14 bits per heavy atom. The number of anilines is 1. The van der Waals surface area contributed by atoms with E-state index in [1.54, 1.807) is 72.8 Å². The molecule has 1 amide bonds. The van der Waals surface area contributed by atoms with Gasteiger partial charge in [0.25, 0.3) is 15.9 Å². The van der Waals surface area contributed by atoms with Crippen LogP contribution < -0.4 is 14.5 Å². The molecule has 0 aliphatic rings. The Morgan fingerprint density at radius 2 is 1.49 bits per heavy atom. The quantitative estimate of drug-likeness (QED) is 0.222. The molecule has 0 spiro atoms. The smallest absolute Gasteiger partial charge is 0.264 e. The van der Waals surface area contributed by atoms with Gasteiger partial charge in [-0.05, 0) is 71.8 Å². The van der Waals surface area contributed by atoms with Gasteiger partial charge >= 0.3 is 0 Å². The summed E-state index contributed by atoms with van der Waals surface area (Å²) in [7, 11) is -3.96. The Kier molecular flexibility index (Phi) is 8.56. The number of hydrazone groups is 1. The molecule has 0 unspecified atom stereocenters. The molecule has 4 aromatic carbocycles. The molecular formula is C28H24ClN3O4S. The van der Waals surface area contributed by atoms with Gasteiger partial charge in [0.15, 0.2) is 0 Å². The van der Waals surface area contributed by atoms with Gasteiger partial charge in [-0.3, -0.25) is 9.10 Å². The second kappa shape index (κ2) is 12.2. The number of carbonyl (C=O) groups excluding carboxylic acids is 1. The van der Waals surface area contributed by atoms with Crippen LogP contribution >= 0.6 is 11.6 Å². The number of ether oxygens (including phenoxy) is 1. The first-order valence-electron chi connectivity index (χ1n) is 11.3. The summed E-state index contributed by atoms with van der Waals surface area (Å²) in [5.41, 5.74) is 4.51. The highest BCUT2D eigenvalue weighted by molar-refractivity contribution is 7.92. The second-order valence-electron chi connectivity index (χ2n) is 7.94. The third kappa shape index (κ3) is 7.19. The fraction of sp³-hybridized carbons (Fsp3) is 0.0714. The molecule has 0 atom stereocenters. The number of carbonyl (C=O) groups is 1. The Morgan fingerprint density at radius 1 is 0.865 bits per heavy atom. The number of rotatable bonds is 10. The largest absolute Gasteiger partial charge is 0.489 e. The van der Waals surface area contributed by atoms with Crippen molar-refractivity contribution in [1.82, 2.24) is 5.43 Å². The first-order valence-corrected chi connectivity index (χ1v) is 13.2. The van der Waals surface area contributed by atoms with Gasteiger partial charge in [-0.25, -0.2) is 13.8 Å². The van der Waals surface area contributed by atoms with Crippen molar-refractivity contribution in [3.63, 3.8) is 0 Å². The Hall–Kier alpha value is -4.14. The number of halogens is 1. The van der Waals surface area contributed by atoms with Crippen molar-refractivity contribution in [1.29, 1.82) is 0 Å². The van der Waals surface area contributed by atoms with Crippen LogP contribution in [-0.2, 0) is 21.4 Å². The van der Waals surface area contributed by atoms with Crippen LogP contribution in [-0.4, -0.2) is 27.1 Å². The topological polar surface area (TPSA) is 88.1 Å². The fourth-order valence-corrected chi connectivity index (χ4v) is 4.94. The van der Waals surface area contributed by atoms with Gasteiger partial charge in [0.05, 0.1) is 16.8 Å². The van der Waals surface area contributed by atoms with Crippen LogP contribution in [0.5, 0.6) is 5.75 Å². The average Bonchev–Trinajstić information content (AvgIpc) is 2.93. The maximum Gasteiger partial charge on any atom is 0.264 e. The molecule has 4 aromatic rings. The van der Waals surface area contributed by atoms with E-state index < -0.39 is 22.5 Å². The first kappa shape index (κ1) is 25.9. The highest BCUT2D eigenvalue weighted by atomic mass is 35.5. The van der Waals surface area contributed by atoms with Crippen molar-refractivity contribution >= 4 is 39.4 Å². The van der Waals surface area contributed by atoms with E-state index in [0.29, 0.717) is 23.1 Å². The van der Waals surface area contributed by atoms with Crippen molar-refractivity contribution in [2.45, 2.75) is 11.5 Å². The third-order valence-electron chi connectivity index (χ3n) is 5.26. The number of amides is 1. The summed E-state index contributed by atoms with van der Waals surface area (Å²) in [6.45, 7) is -0.0273. The van der Waals surface area contributed by atoms with Crippen LogP contribution in [0.4, 0.5) is 5.69 Å². The fourth-order valence-electron chi connectivity index (χ4n) is 3.37. The number of nitrogens with one attached hydrogen (secondary N) is 1. The van der Waals surface area contributed by atoms with Crippen LogP contribution in [0.25, 0.3) is 0 Å². The summed E-state index contributed by atoms with van der Waals surface area (Å²) in [6, 6.07) is 31.0. The molecule has 0 saturated carbocycles. The molecule has 188 valence electrons. The second-order valence-corrected chi connectivity index (χ2v) is 10.2. The van der Waals surface area contributed by atoms with Gasteiger partial charge < -0.3 is 4.74 Å². The summed E-state index contributed by atoms with van der Waals surface area (Å²) in [4.78, 5) is 12.7. The molecule has 0 heterocycles. The van der Waals surface area contributed by atoms with Gasteiger partial charge in [-0.15, -0.1) is 0 Å². The number of para-hydroxylation sites is 1. The molecule has 0 fully saturated rings. The van der Waals surface area contributed by atoms with Gasteiger partial charge in [-0.2, -0.15) is 5.10 Å². The summed E-state index contributed by atoms with van der Waals surface area (Å²) < 4.78 is 33.3.